The van der Waals surface area contributed by atoms with Crippen molar-refractivity contribution < 1.29 is 8.42 Å². The van der Waals surface area contributed by atoms with Gasteiger partial charge < -0.3 is 10.7 Å². The molecule has 0 spiro atoms. The third kappa shape index (κ3) is 4.13. The van der Waals surface area contributed by atoms with E-state index in [4.69, 9.17) is 5.73 Å². The molecule has 21 heavy (non-hydrogen) atoms. The Morgan fingerprint density at radius 3 is 2.90 bits per heavy atom. The molecule has 0 amide bonds. The van der Waals surface area contributed by atoms with Gasteiger partial charge in [-0.2, -0.15) is 0 Å². The maximum absolute atomic E-state index is 12.2. The van der Waals surface area contributed by atoms with Crippen molar-refractivity contribution in [3.05, 3.63) is 48.0 Å². The molecule has 1 heterocycles. The summed E-state index contributed by atoms with van der Waals surface area (Å²) in [5, 5.41) is 0. The first-order valence-electron chi connectivity index (χ1n) is 6.86. The predicted octanol–water partition coefficient (Wildman–Crippen LogP) is 1.34. The number of H-pyrrole nitrogens is 1. The molecule has 1 atom stereocenters. The Morgan fingerprint density at radius 1 is 1.43 bits per heavy atom. The first-order valence-corrected chi connectivity index (χ1v) is 8.34. The van der Waals surface area contributed by atoms with Gasteiger partial charge in [-0.05, 0) is 24.1 Å². The van der Waals surface area contributed by atoms with E-state index in [9.17, 15) is 8.42 Å². The number of nitrogens with two attached hydrogens (primary N) is 1. The Hall–Kier alpha value is -1.70. The second-order valence-electron chi connectivity index (χ2n) is 4.77. The van der Waals surface area contributed by atoms with Crippen LogP contribution in [0.25, 0.3) is 0 Å². The van der Waals surface area contributed by atoms with Gasteiger partial charge in [0.15, 0.2) is 0 Å². The van der Waals surface area contributed by atoms with Gasteiger partial charge >= 0.3 is 0 Å². The molecule has 2 rings (SSSR count). The molecule has 0 bridgehead atoms. The molecular formula is C14H20N4O2S. The molecule has 0 radical (unpaired) electrons. The molecule has 4 N–H and O–H groups in total. The Morgan fingerprint density at radius 2 is 2.24 bits per heavy atom. The second-order valence-corrected chi connectivity index (χ2v) is 6.54. The van der Waals surface area contributed by atoms with E-state index in [0.717, 1.165) is 17.8 Å². The second kappa shape index (κ2) is 6.84. The largest absolute Gasteiger partial charge is 0.349 e. The molecule has 1 aromatic carbocycles. The molecule has 0 fully saturated rings. The smallest absolute Gasteiger partial charge is 0.240 e. The zero-order chi connectivity index (χ0) is 15.3. The van der Waals surface area contributed by atoms with Crippen LogP contribution in [-0.4, -0.2) is 24.9 Å². The van der Waals surface area contributed by atoms with E-state index < -0.39 is 10.0 Å². The van der Waals surface area contributed by atoms with Crippen LogP contribution in [0.3, 0.4) is 0 Å². The lowest BCUT2D eigenvalue weighted by molar-refractivity contribution is 0.580. The average Bonchev–Trinajstić information content (AvgIpc) is 2.99. The first-order chi connectivity index (χ1) is 10.0. The van der Waals surface area contributed by atoms with Crippen LogP contribution >= 0.6 is 0 Å². The highest BCUT2D eigenvalue weighted by molar-refractivity contribution is 7.89. The van der Waals surface area contributed by atoms with Gasteiger partial charge in [0.05, 0.1) is 4.90 Å². The minimum absolute atomic E-state index is 0.150. The number of rotatable bonds is 7. The number of imidazole rings is 1. The molecule has 7 heteroatoms. The lowest BCUT2D eigenvalue weighted by Gasteiger charge is -2.11. The summed E-state index contributed by atoms with van der Waals surface area (Å²) in [5.74, 6) is 0.749. The van der Waals surface area contributed by atoms with Gasteiger partial charge in [-0.1, -0.05) is 19.1 Å². The van der Waals surface area contributed by atoms with Gasteiger partial charge in [-0.3, -0.25) is 0 Å². The van der Waals surface area contributed by atoms with Crippen molar-refractivity contribution in [2.24, 2.45) is 5.73 Å². The van der Waals surface area contributed by atoms with Crippen molar-refractivity contribution in [1.29, 1.82) is 0 Å². The third-order valence-electron chi connectivity index (χ3n) is 3.25. The molecule has 6 nitrogen and oxygen atoms in total. The van der Waals surface area contributed by atoms with Crippen LogP contribution in [0, 0.1) is 0 Å². The van der Waals surface area contributed by atoms with E-state index in [0.29, 0.717) is 13.0 Å². The normalized spacial score (nSPS) is 13.2. The number of aromatic nitrogens is 2. The molecule has 0 aliphatic heterocycles. The molecule has 114 valence electrons. The van der Waals surface area contributed by atoms with E-state index >= 15 is 0 Å². The minimum atomic E-state index is -3.52. The van der Waals surface area contributed by atoms with Crippen molar-refractivity contribution in [3.63, 3.8) is 0 Å². The van der Waals surface area contributed by atoms with Gasteiger partial charge in [-0.25, -0.2) is 18.1 Å². The summed E-state index contributed by atoms with van der Waals surface area (Å²) in [6.45, 7) is 2.26. The fourth-order valence-corrected chi connectivity index (χ4v) is 3.06. The maximum atomic E-state index is 12.2. The Balaban J connectivity index is 2.05. The summed E-state index contributed by atoms with van der Waals surface area (Å²) >= 11 is 0. The summed E-state index contributed by atoms with van der Waals surface area (Å²) < 4.78 is 27.1. The zero-order valence-corrected chi connectivity index (χ0v) is 12.7. The highest BCUT2D eigenvalue weighted by Crippen LogP contribution is 2.18. The zero-order valence-electron chi connectivity index (χ0n) is 11.9. The summed E-state index contributed by atoms with van der Waals surface area (Å²) in [5.41, 5.74) is 6.77. The first kappa shape index (κ1) is 15.7. The van der Waals surface area contributed by atoms with Crippen LogP contribution in [0.5, 0.6) is 0 Å². The summed E-state index contributed by atoms with van der Waals surface area (Å²) in [7, 11) is -3.52. The molecule has 1 unspecified atom stereocenters. The van der Waals surface area contributed by atoms with Crippen LogP contribution in [0.15, 0.2) is 41.6 Å². The van der Waals surface area contributed by atoms with Crippen LogP contribution in [0.1, 0.15) is 30.8 Å². The van der Waals surface area contributed by atoms with Crippen LogP contribution in [0.4, 0.5) is 0 Å². The number of nitrogens with one attached hydrogen (secondary N) is 2. The Kier molecular flexibility index (Phi) is 5.11. The van der Waals surface area contributed by atoms with Crippen molar-refractivity contribution in [2.45, 2.75) is 30.7 Å². The van der Waals surface area contributed by atoms with E-state index in [2.05, 4.69) is 14.7 Å². The number of sulfonamides is 1. The standard InChI is InChI=1S/C14H20N4O2S/c1-2-13(15)11-4-3-5-12(10-11)21(19,20)18-7-6-14-16-8-9-17-14/h3-5,8-10,13,18H,2,6-7,15H2,1H3,(H,16,17). The number of benzene rings is 1. The monoisotopic (exact) mass is 308 g/mol. The minimum Gasteiger partial charge on any atom is -0.349 e. The van der Waals surface area contributed by atoms with Gasteiger partial charge in [0, 0.05) is 31.4 Å². The predicted molar refractivity (Wildman–Crippen MR) is 81.1 cm³/mol. The molecule has 0 saturated heterocycles. The number of hydrogen-bond donors (Lipinski definition) is 3. The third-order valence-corrected chi connectivity index (χ3v) is 4.70. The van der Waals surface area contributed by atoms with Gasteiger partial charge in [0.2, 0.25) is 10.0 Å². The van der Waals surface area contributed by atoms with E-state index in [-0.39, 0.29) is 10.9 Å². The van der Waals surface area contributed by atoms with E-state index in [1.54, 1.807) is 30.6 Å². The molecular weight excluding hydrogens is 288 g/mol. The lowest BCUT2D eigenvalue weighted by atomic mass is 10.1. The van der Waals surface area contributed by atoms with Gasteiger partial charge in [0.1, 0.15) is 5.82 Å². The molecule has 0 saturated carbocycles. The summed E-state index contributed by atoms with van der Waals surface area (Å²) in [6, 6.07) is 6.61. The van der Waals surface area contributed by atoms with Crippen molar-refractivity contribution in [3.8, 4) is 0 Å². The van der Waals surface area contributed by atoms with Gasteiger partial charge in [-0.15, -0.1) is 0 Å². The Labute approximate surface area is 124 Å². The average molecular weight is 308 g/mol. The number of hydrogen-bond acceptors (Lipinski definition) is 4. The van der Waals surface area contributed by atoms with Crippen LogP contribution in [0.2, 0.25) is 0 Å². The maximum Gasteiger partial charge on any atom is 0.240 e. The summed E-state index contributed by atoms with van der Waals surface area (Å²) in [6.07, 6.45) is 4.62. The Bertz CT molecular complexity index is 668. The van der Waals surface area contributed by atoms with Crippen molar-refractivity contribution >= 4 is 10.0 Å². The molecule has 0 aliphatic rings. The van der Waals surface area contributed by atoms with Crippen LogP contribution < -0.4 is 10.5 Å². The number of nitrogens with zero attached hydrogens (tertiary/aromatic N) is 1. The fourth-order valence-electron chi connectivity index (χ4n) is 1.97. The fraction of sp³-hybridized carbons (Fsp3) is 0.357. The van der Waals surface area contributed by atoms with E-state index in [1.807, 2.05) is 13.0 Å². The van der Waals surface area contributed by atoms with Crippen LogP contribution in [-0.2, 0) is 16.4 Å². The van der Waals surface area contributed by atoms with Gasteiger partial charge in [0.25, 0.3) is 0 Å². The quantitative estimate of drug-likeness (QED) is 0.718. The molecule has 0 aliphatic carbocycles. The highest BCUT2D eigenvalue weighted by Gasteiger charge is 2.15. The van der Waals surface area contributed by atoms with Crippen molar-refractivity contribution in [2.75, 3.05) is 6.54 Å². The molecule has 1 aromatic heterocycles. The highest BCUT2D eigenvalue weighted by atomic mass is 32.2. The topological polar surface area (TPSA) is 101 Å². The number of aromatic amines is 1. The SMILES string of the molecule is CCC(N)c1cccc(S(=O)(=O)NCCc2ncc[nH]2)c1. The summed E-state index contributed by atoms with van der Waals surface area (Å²) in [4.78, 5) is 7.22. The van der Waals surface area contributed by atoms with E-state index in [1.165, 1.54) is 0 Å². The molecule has 2 aromatic rings. The van der Waals surface area contributed by atoms with Crippen molar-refractivity contribution in [1.82, 2.24) is 14.7 Å². The lowest BCUT2D eigenvalue weighted by Crippen LogP contribution is -2.26.